The molecule has 0 amide bonds. The number of aromatic nitrogens is 5. The third-order valence-corrected chi connectivity index (χ3v) is 5.56. The number of aliphatic hydroxyl groups excluding tert-OH is 1. The molecule has 4 aromatic heterocycles. The molecule has 0 aliphatic carbocycles. The molecule has 0 radical (unpaired) electrons. The highest BCUT2D eigenvalue weighted by Crippen LogP contribution is 2.38. The van der Waals surface area contributed by atoms with Gasteiger partial charge in [-0.05, 0) is 48.7 Å². The van der Waals surface area contributed by atoms with Crippen molar-refractivity contribution in [3.63, 3.8) is 0 Å². The Balaban J connectivity index is 1.56. The first-order valence-corrected chi connectivity index (χ1v) is 10.0. The fourth-order valence-electron chi connectivity index (χ4n) is 4.12. The molecule has 0 aromatic carbocycles. The summed E-state index contributed by atoms with van der Waals surface area (Å²) in [5.41, 5.74) is 3.58. The molecule has 8 nitrogen and oxygen atoms in total. The molecule has 0 unspecified atom stereocenters. The number of nitrogens with zero attached hydrogens (tertiary/aromatic N) is 6. The Labute approximate surface area is 178 Å². The van der Waals surface area contributed by atoms with E-state index in [1.807, 2.05) is 18.2 Å². The maximum Gasteiger partial charge on any atom is 0.218 e. The lowest BCUT2D eigenvalue weighted by Gasteiger charge is -2.26. The van der Waals surface area contributed by atoms with E-state index >= 15 is 0 Å². The molecule has 1 fully saturated rings. The van der Waals surface area contributed by atoms with Crippen molar-refractivity contribution < 1.29 is 14.2 Å². The zero-order valence-electron chi connectivity index (χ0n) is 16.9. The second-order valence-electron chi connectivity index (χ2n) is 7.42. The van der Waals surface area contributed by atoms with Gasteiger partial charge >= 0.3 is 0 Å². The molecule has 0 spiro atoms. The second kappa shape index (κ2) is 7.92. The number of fused-ring (bicyclic) bond motifs is 1. The standard InChI is InChI=1S/C22H21FN6O2/c1-31-22-16(10-15(23)11-26-22)18-3-2-8-28(18)21-5-4-20-25-12-19(29(20)27-21)17-9-14(13-30)6-7-24-17/h4-7,9-12,18,30H,2-3,8,13H2,1H3/t18-/m1/s1. The van der Waals surface area contributed by atoms with Crippen LogP contribution in [0.5, 0.6) is 5.88 Å². The number of halogens is 1. The van der Waals surface area contributed by atoms with E-state index in [1.165, 1.54) is 6.07 Å². The van der Waals surface area contributed by atoms with E-state index in [2.05, 4.69) is 19.9 Å². The van der Waals surface area contributed by atoms with E-state index in [9.17, 15) is 9.50 Å². The molecule has 1 atom stereocenters. The molecule has 4 aromatic rings. The first-order valence-electron chi connectivity index (χ1n) is 10.0. The van der Waals surface area contributed by atoms with Gasteiger partial charge in [0, 0.05) is 18.3 Å². The molecule has 9 heteroatoms. The largest absolute Gasteiger partial charge is 0.481 e. The Morgan fingerprint density at radius 1 is 1.16 bits per heavy atom. The first-order chi connectivity index (χ1) is 15.2. The fourth-order valence-corrected chi connectivity index (χ4v) is 4.12. The van der Waals surface area contributed by atoms with Crippen LogP contribution in [-0.4, -0.2) is 43.3 Å². The predicted molar refractivity (Wildman–Crippen MR) is 112 cm³/mol. The van der Waals surface area contributed by atoms with E-state index in [-0.39, 0.29) is 12.6 Å². The van der Waals surface area contributed by atoms with Gasteiger partial charge in [0.15, 0.2) is 5.65 Å². The summed E-state index contributed by atoms with van der Waals surface area (Å²) in [6, 6.07) is 8.80. The number of imidazole rings is 1. The van der Waals surface area contributed by atoms with Gasteiger partial charge in [-0.2, -0.15) is 0 Å². The van der Waals surface area contributed by atoms with Crippen molar-refractivity contribution in [2.45, 2.75) is 25.5 Å². The third kappa shape index (κ3) is 3.46. The Morgan fingerprint density at radius 2 is 2.06 bits per heavy atom. The highest BCUT2D eigenvalue weighted by atomic mass is 19.1. The topological polar surface area (TPSA) is 88.7 Å². The molecule has 1 aliphatic rings. The quantitative estimate of drug-likeness (QED) is 0.530. The lowest BCUT2D eigenvalue weighted by Crippen LogP contribution is -2.25. The van der Waals surface area contributed by atoms with Crippen molar-refractivity contribution in [2.75, 3.05) is 18.6 Å². The van der Waals surface area contributed by atoms with Crippen LogP contribution in [0.15, 0.2) is 48.9 Å². The lowest BCUT2D eigenvalue weighted by atomic mass is 10.1. The van der Waals surface area contributed by atoms with Crippen molar-refractivity contribution in [2.24, 2.45) is 0 Å². The summed E-state index contributed by atoms with van der Waals surface area (Å²) >= 11 is 0. The maximum absolute atomic E-state index is 13.9. The van der Waals surface area contributed by atoms with Crippen molar-refractivity contribution in [3.8, 4) is 17.3 Å². The summed E-state index contributed by atoms with van der Waals surface area (Å²) < 4.78 is 21.1. The number of methoxy groups -OCH3 is 1. The second-order valence-corrected chi connectivity index (χ2v) is 7.42. The summed E-state index contributed by atoms with van der Waals surface area (Å²) in [5.74, 6) is 0.782. The summed E-state index contributed by atoms with van der Waals surface area (Å²) in [4.78, 5) is 15.1. The van der Waals surface area contributed by atoms with E-state index in [0.717, 1.165) is 42.7 Å². The van der Waals surface area contributed by atoms with E-state index in [4.69, 9.17) is 9.84 Å². The van der Waals surface area contributed by atoms with Gasteiger partial charge in [0.25, 0.3) is 0 Å². The van der Waals surface area contributed by atoms with Crippen molar-refractivity contribution in [1.82, 2.24) is 24.6 Å². The first kappa shape index (κ1) is 19.4. The van der Waals surface area contributed by atoms with Gasteiger partial charge in [0.05, 0.1) is 37.8 Å². The van der Waals surface area contributed by atoms with Gasteiger partial charge in [-0.25, -0.2) is 18.9 Å². The van der Waals surface area contributed by atoms with Gasteiger partial charge in [-0.15, -0.1) is 5.10 Å². The molecule has 31 heavy (non-hydrogen) atoms. The Kier molecular flexibility index (Phi) is 4.95. The van der Waals surface area contributed by atoms with Gasteiger partial charge in [-0.1, -0.05) is 0 Å². The fraction of sp³-hybridized carbons (Fsp3) is 0.273. The summed E-state index contributed by atoms with van der Waals surface area (Å²) in [5, 5.41) is 14.3. The normalized spacial score (nSPS) is 16.2. The van der Waals surface area contributed by atoms with Crippen LogP contribution in [0.25, 0.3) is 17.0 Å². The van der Waals surface area contributed by atoms with Crippen LogP contribution >= 0.6 is 0 Å². The van der Waals surface area contributed by atoms with Crippen LogP contribution in [0.3, 0.4) is 0 Å². The summed E-state index contributed by atoms with van der Waals surface area (Å²) in [6.45, 7) is 0.717. The molecule has 1 aliphatic heterocycles. The van der Waals surface area contributed by atoms with Crippen molar-refractivity contribution >= 4 is 11.5 Å². The number of hydrogen-bond donors (Lipinski definition) is 1. The minimum Gasteiger partial charge on any atom is -0.481 e. The average Bonchev–Trinajstić information content (AvgIpc) is 3.46. The highest BCUT2D eigenvalue weighted by molar-refractivity contribution is 5.61. The van der Waals surface area contributed by atoms with Gasteiger partial charge in [-0.3, -0.25) is 4.98 Å². The Morgan fingerprint density at radius 3 is 2.90 bits per heavy atom. The Hall–Kier alpha value is -3.59. The number of ether oxygens (including phenoxy) is 1. The van der Waals surface area contributed by atoms with Crippen LogP contribution in [0, 0.1) is 5.82 Å². The lowest BCUT2D eigenvalue weighted by molar-refractivity contribution is 0.282. The molecule has 0 saturated carbocycles. The monoisotopic (exact) mass is 420 g/mol. The van der Waals surface area contributed by atoms with Crippen LogP contribution < -0.4 is 9.64 Å². The average molecular weight is 420 g/mol. The van der Waals surface area contributed by atoms with Crippen molar-refractivity contribution in [1.29, 1.82) is 0 Å². The zero-order chi connectivity index (χ0) is 21.4. The number of aliphatic hydroxyl groups is 1. The van der Waals surface area contributed by atoms with Crippen LogP contribution in [0.4, 0.5) is 10.2 Å². The van der Waals surface area contributed by atoms with E-state index < -0.39 is 5.82 Å². The van der Waals surface area contributed by atoms with Gasteiger partial charge < -0.3 is 14.7 Å². The molecular weight excluding hydrogens is 399 g/mol. The molecule has 1 saturated heterocycles. The summed E-state index contributed by atoms with van der Waals surface area (Å²) in [7, 11) is 1.54. The molecular formula is C22H21FN6O2. The number of pyridine rings is 2. The number of anilines is 1. The van der Waals surface area contributed by atoms with Crippen LogP contribution in [-0.2, 0) is 6.61 Å². The molecule has 158 valence electrons. The minimum atomic E-state index is -0.391. The SMILES string of the molecule is COc1ncc(F)cc1[C@H]1CCCN1c1ccc2ncc(-c3cc(CO)ccn3)n2n1. The van der Waals surface area contributed by atoms with Crippen LogP contribution in [0.1, 0.15) is 30.0 Å². The highest BCUT2D eigenvalue weighted by Gasteiger charge is 2.31. The smallest absolute Gasteiger partial charge is 0.218 e. The van der Waals surface area contributed by atoms with Gasteiger partial charge in [0.2, 0.25) is 5.88 Å². The maximum atomic E-state index is 13.9. The van der Waals surface area contributed by atoms with Crippen LogP contribution in [0.2, 0.25) is 0 Å². The Bertz CT molecular complexity index is 1240. The van der Waals surface area contributed by atoms with Gasteiger partial charge in [0.1, 0.15) is 17.3 Å². The molecule has 1 N–H and O–H groups in total. The number of rotatable bonds is 5. The third-order valence-electron chi connectivity index (χ3n) is 5.56. The predicted octanol–water partition coefficient (Wildman–Crippen LogP) is 3.17. The summed E-state index contributed by atoms with van der Waals surface area (Å²) in [6.07, 6.45) is 6.33. The van der Waals surface area contributed by atoms with E-state index in [1.54, 1.807) is 30.1 Å². The van der Waals surface area contributed by atoms with Crippen molar-refractivity contribution in [3.05, 3.63) is 65.9 Å². The zero-order valence-corrected chi connectivity index (χ0v) is 16.9. The number of hydrogen-bond acceptors (Lipinski definition) is 7. The molecule has 5 rings (SSSR count). The van der Waals surface area contributed by atoms with E-state index in [0.29, 0.717) is 22.8 Å². The minimum absolute atomic E-state index is 0.0656. The molecule has 5 heterocycles. The molecule has 0 bridgehead atoms.